The molecule has 0 bridgehead atoms. The summed E-state index contributed by atoms with van der Waals surface area (Å²) in [7, 11) is 0. The van der Waals surface area contributed by atoms with E-state index in [4.69, 9.17) is 16.9 Å². The monoisotopic (exact) mass is 229 g/mol. The summed E-state index contributed by atoms with van der Waals surface area (Å²) in [6.45, 7) is 0. The third kappa shape index (κ3) is 1.85. The number of nitrogens with zero attached hydrogens (tertiary/aromatic N) is 1. The predicted octanol–water partition coefficient (Wildman–Crippen LogP) is 3.94. The zero-order valence-corrected chi connectivity index (χ0v) is 9.31. The topological polar surface area (TPSA) is 23.8 Å². The highest BCUT2D eigenvalue weighted by Gasteiger charge is 2.38. The Labute approximate surface area is 90.7 Å². The minimum Gasteiger partial charge on any atom is -0.197 e. The summed E-state index contributed by atoms with van der Waals surface area (Å²) in [4.78, 5) is 0. The summed E-state index contributed by atoms with van der Waals surface area (Å²) in [5.74, 6) is 0. The average molecular weight is 230 g/mol. The van der Waals surface area contributed by atoms with Gasteiger partial charge >= 0.3 is 0 Å². The number of nitriles is 1. The fourth-order valence-corrected chi connectivity index (χ4v) is 4.17. The van der Waals surface area contributed by atoms with Crippen molar-refractivity contribution in [2.45, 2.75) is 28.2 Å². The first kappa shape index (κ1) is 9.39. The fraction of sp³-hybridized carbons (Fsp3) is 0.444. The van der Waals surface area contributed by atoms with E-state index in [9.17, 15) is 0 Å². The van der Waals surface area contributed by atoms with Crippen molar-refractivity contribution in [2.24, 2.45) is 0 Å². The van der Waals surface area contributed by atoms with Crippen molar-refractivity contribution in [1.82, 2.24) is 0 Å². The molecule has 68 valence electrons. The fourth-order valence-electron chi connectivity index (χ4n) is 1.28. The molecule has 0 aliphatic heterocycles. The highest BCUT2D eigenvalue weighted by Crippen LogP contribution is 2.49. The molecule has 1 nitrogen and oxygen atoms in total. The van der Waals surface area contributed by atoms with E-state index in [0.717, 1.165) is 21.4 Å². The van der Waals surface area contributed by atoms with E-state index in [0.29, 0.717) is 0 Å². The maximum Gasteiger partial charge on any atom is 0.108 e. The molecule has 0 saturated heterocycles. The number of hydrogen-bond acceptors (Lipinski definition) is 3. The molecule has 13 heavy (non-hydrogen) atoms. The van der Waals surface area contributed by atoms with Crippen molar-refractivity contribution >= 4 is 34.7 Å². The molecule has 1 aromatic rings. The molecule has 0 aromatic carbocycles. The van der Waals surface area contributed by atoms with E-state index in [2.05, 4.69) is 6.07 Å². The van der Waals surface area contributed by atoms with Crippen molar-refractivity contribution in [3.8, 4) is 6.07 Å². The third-order valence-electron chi connectivity index (χ3n) is 2.21. The van der Waals surface area contributed by atoms with Crippen molar-refractivity contribution < 1.29 is 0 Å². The van der Waals surface area contributed by atoms with Gasteiger partial charge in [0, 0.05) is 0 Å². The van der Waals surface area contributed by atoms with Gasteiger partial charge in [0.05, 0.1) is 14.6 Å². The molecule has 1 aromatic heterocycles. The normalized spacial score (nSPS) is 19.1. The van der Waals surface area contributed by atoms with E-state index in [1.54, 1.807) is 23.1 Å². The Balaban J connectivity index is 2.09. The molecular formula is C9H8ClNS2. The molecule has 4 heteroatoms. The highest BCUT2D eigenvalue weighted by atomic mass is 35.5. The summed E-state index contributed by atoms with van der Waals surface area (Å²) in [6.07, 6.45) is 3.22. The number of rotatable bonds is 2. The van der Waals surface area contributed by atoms with Gasteiger partial charge < -0.3 is 0 Å². The van der Waals surface area contributed by atoms with Crippen LogP contribution in [0.25, 0.3) is 0 Å². The Bertz CT molecular complexity index is 349. The summed E-state index contributed by atoms with van der Waals surface area (Å²) in [5.41, 5.74) is 0. The first-order chi connectivity index (χ1) is 6.24. The lowest BCUT2D eigenvalue weighted by molar-refractivity contribution is 0.440. The van der Waals surface area contributed by atoms with E-state index in [1.807, 2.05) is 12.1 Å². The lowest BCUT2D eigenvalue weighted by Crippen LogP contribution is -2.30. The number of hydrogen-bond donors (Lipinski definition) is 0. The maximum atomic E-state index is 9.01. The zero-order chi connectivity index (χ0) is 9.31. The van der Waals surface area contributed by atoms with Gasteiger partial charge in [-0.3, -0.25) is 0 Å². The minimum atomic E-state index is -0.145. The summed E-state index contributed by atoms with van der Waals surface area (Å²) >= 11 is 9.04. The quantitative estimate of drug-likeness (QED) is 0.767. The van der Waals surface area contributed by atoms with Crippen LogP contribution in [0.4, 0.5) is 0 Å². The van der Waals surface area contributed by atoms with Gasteiger partial charge in [-0.25, -0.2) is 0 Å². The first-order valence-corrected chi connectivity index (χ1v) is 6.11. The molecule has 1 heterocycles. The Kier molecular flexibility index (Phi) is 2.55. The lowest BCUT2D eigenvalue weighted by atomic mass is 9.86. The van der Waals surface area contributed by atoms with E-state index in [-0.39, 0.29) is 4.75 Å². The van der Waals surface area contributed by atoms with Crippen LogP contribution in [0.5, 0.6) is 0 Å². The van der Waals surface area contributed by atoms with Crippen LogP contribution in [0.3, 0.4) is 0 Å². The Hall–Kier alpha value is -0.170. The maximum absolute atomic E-state index is 9.01. The SMILES string of the molecule is N#CC1(Sc2ccc(Cl)s2)CCC1. The molecular weight excluding hydrogens is 222 g/mol. The van der Waals surface area contributed by atoms with Crippen LogP contribution in [0.2, 0.25) is 4.34 Å². The van der Waals surface area contributed by atoms with Gasteiger partial charge in [0.2, 0.25) is 0 Å². The number of halogens is 1. The van der Waals surface area contributed by atoms with Crippen LogP contribution in [0.1, 0.15) is 19.3 Å². The zero-order valence-electron chi connectivity index (χ0n) is 6.92. The smallest absolute Gasteiger partial charge is 0.108 e. The molecule has 0 amide bonds. The Morgan fingerprint density at radius 1 is 1.54 bits per heavy atom. The van der Waals surface area contributed by atoms with Crippen molar-refractivity contribution in [2.75, 3.05) is 0 Å². The molecule has 0 unspecified atom stereocenters. The van der Waals surface area contributed by atoms with Crippen LogP contribution in [-0.2, 0) is 0 Å². The van der Waals surface area contributed by atoms with Gasteiger partial charge in [-0.15, -0.1) is 11.3 Å². The molecule has 0 atom stereocenters. The predicted molar refractivity (Wildman–Crippen MR) is 57.4 cm³/mol. The lowest BCUT2D eigenvalue weighted by Gasteiger charge is -2.33. The van der Waals surface area contributed by atoms with Gasteiger partial charge in [0.15, 0.2) is 0 Å². The Morgan fingerprint density at radius 3 is 2.69 bits per heavy atom. The number of thioether (sulfide) groups is 1. The van der Waals surface area contributed by atoms with E-state index >= 15 is 0 Å². The van der Waals surface area contributed by atoms with Gasteiger partial charge in [-0.1, -0.05) is 23.4 Å². The van der Waals surface area contributed by atoms with Crippen molar-refractivity contribution in [3.05, 3.63) is 16.5 Å². The molecule has 1 aliphatic carbocycles. The summed E-state index contributed by atoms with van der Waals surface area (Å²) in [6, 6.07) is 6.28. The van der Waals surface area contributed by atoms with Crippen LogP contribution < -0.4 is 0 Å². The van der Waals surface area contributed by atoms with Crippen molar-refractivity contribution in [1.29, 1.82) is 5.26 Å². The molecule has 2 rings (SSSR count). The second-order valence-electron chi connectivity index (χ2n) is 3.12. The molecule has 1 fully saturated rings. The van der Waals surface area contributed by atoms with Crippen molar-refractivity contribution in [3.63, 3.8) is 0 Å². The standard InChI is InChI=1S/C9H8ClNS2/c10-7-2-3-8(12-7)13-9(6-11)4-1-5-9/h2-3H,1,4-5H2. The van der Waals surface area contributed by atoms with Crippen LogP contribution in [-0.4, -0.2) is 4.75 Å². The van der Waals surface area contributed by atoms with Crippen LogP contribution >= 0.6 is 34.7 Å². The number of thiophene rings is 1. The third-order valence-corrected chi connectivity index (χ3v) is 4.96. The Morgan fingerprint density at radius 2 is 2.31 bits per heavy atom. The van der Waals surface area contributed by atoms with E-state index in [1.165, 1.54) is 6.42 Å². The molecule has 0 spiro atoms. The first-order valence-electron chi connectivity index (χ1n) is 4.10. The van der Waals surface area contributed by atoms with Gasteiger partial charge in [-0.2, -0.15) is 5.26 Å². The van der Waals surface area contributed by atoms with Gasteiger partial charge in [0.1, 0.15) is 4.75 Å². The summed E-state index contributed by atoms with van der Waals surface area (Å²) in [5, 5.41) is 9.01. The van der Waals surface area contributed by atoms with Crippen LogP contribution in [0.15, 0.2) is 16.3 Å². The second-order valence-corrected chi connectivity index (χ2v) is 6.52. The van der Waals surface area contributed by atoms with Gasteiger partial charge in [0.25, 0.3) is 0 Å². The van der Waals surface area contributed by atoms with Gasteiger partial charge in [-0.05, 0) is 31.4 Å². The molecule has 1 aliphatic rings. The van der Waals surface area contributed by atoms with Crippen LogP contribution in [0, 0.1) is 11.3 Å². The average Bonchev–Trinajstić information content (AvgIpc) is 2.44. The summed E-state index contributed by atoms with van der Waals surface area (Å²) < 4.78 is 1.81. The molecule has 0 radical (unpaired) electrons. The second kappa shape index (κ2) is 3.53. The molecule has 0 N–H and O–H groups in total. The largest absolute Gasteiger partial charge is 0.197 e. The highest BCUT2D eigenvalue weighted by molar-refractivity contribution is 8.02. The van der Waals surface area contributed by atoms with E-state index < -0.39 is 0 Å². The molecule has 1 saturated carbocycles. The minimum absolute atomic E-state index is 0.145.